The van der Waals surface area contributed by atoms with Crippen molar-refractivity contribution in [2.24, 2.45) is 23.2 Å². The van der Waals surface area contributed by atoms with Crippen molar-refractivity contribution in [3.05, 3.63) is 35.9 Å². The number of fused-ring (bicyclic) bond motifs is 4. The van der Waals surface area contributed by atoms with Crippen LogP contribution in [0.5, 0.6) is 0 Å². The van der Waals surface area contributed by atoms with Crippen LogP contribution in [0.3, 0.4) is 0 Å². The SMILES string of the molecule is CC1CC2CC(C2)CC(C)(C2NC(c3ccccc3)CO2)C1. The summed E-state index contributed by atoms with van der Waals surface area (Å²) in [5, 5.41) is 3.80. The summed E-state index contributed by atoms with van der Waals surface area (Å²) in [4.78, 5) is 0. The van der Waals surface area contributed by atoms with Crippen LogP contribution in [-0.2, 0) is 4.74 Å². The summed E-state index contributed by atoms with van der Waals surface area (Å²) in [5.41, 5.74) is 1.65. The predicted molar refractivity (Wildman–Crippen MR) is 89.4 cm³/mol. The summed E-state index contributed by atoms with van der Waals surface area (Å²) in [6.45, 7) is 5.72. The van der Waals surface area contributed by atoms with Crippen molar-refractivity contribution < 1.29 is 4.74 Å². The van der Waals surface area contributed by atoms with E-state index in [9.17, 15) is 0 Å². The van der Waals surface area contributed by atoms with Crippen LogP contribution >= 0.6 is 0 Å². The molecule has 1 N–H and O–H groups in total. The van der Waals surface area contributed by atoms with Crippen molar-refractivity contribution in [3.63, 3.8) is 0 Å². The molecule has 5 rings (SSSR count). The van der Waals surface area contributed by atoms with Gasteiger partial charge in [0.15, 0.2) is 0 Å². The number of benzene rings is 1. The molecule has 4 atom stereocenters. The van der Waals surface area contributed by atoms with E-state index in [4.69, 9.17) is 4.74 Å². The minimum atomic E-state index is 0.220. The molecule has 2 heteroatoms. The molecular weight excluding hydrogens is 270 g/mol. The molecule has 2 nitrogen and oxygen atoms in total. The number of rotatable bonds is 2. The van der Waals surface area contributed by atoms with Gasteiger partial charge in [-0.3, -0.25) is 5.32 Å². The first-order valence-corrected chi connectivity index (χ1v) is 9.05. The number of nitrogens with one attached hydrogen (secondary N) is 1. The second-order valence-corrected chi connectivity index (χ2v) is 8.45. The fraction of sp³-hybridized carbons (Fsp3) is 0.700. The molecule has 2 bridgehead atoms. The Labute approximate surface area is 134 Å². The average Bonchev–Trinajstić information content (AvgIpc) is 2.94. The second kappa shape index (κ2) is 5.65. The normalized spacial score (nSPS) is 44.9. The first-order chi connectivity index (χ1) is 10.6. The molecule has 3 saturated carbocycles. The van der Waals surface area contributed by atoms with Crippen molar-refractivity contribution in [1.82, 2.24) is 5.32 Å². The van der Waals surface area contributed by atoms with E-state index in [2.05, 4.69) is 49.5 Å². The zero-order valence-electron chi connectivity index (χ0n) is 13.9. The molecule has 4 unspecified atom stereocenters. The van der Waals surface area contributed by atoms with E-state index < -0.39 is 0 Å². The Morgan fingerprint density at radius 3 is 2.59 bits per heavy atom. The minimum absolute atomic E-state index is 0.220. The summed E-state index contributed by atoms with van der Waals surface area (Å²) in [6.07, 6.45) is 7.23. The van der Waals surface area contributed by atoms with E-state index in [1.807, 2.05) is 0 Å². The molecule has 1 saturated heterocycles. The molecule has 0 amide bonds. The molecule has 1 aromatic carbocycles. The maximum Gasteiger partial charge on any atom is 0.114 e. The predicted octanol–water partition coefficient (Wildman–Crippen LogP) is 4.53. The first kappa shape index (κ1) is 14.7. The average molecular weight is 299 g/mol. The highest BCUT2D eigenvalue weighted by Crippen LogP contribution is 2.52. The van der Waals surface area contributed by atoms with Crippen molar-refractivity contribution in [2.75, 3.05) is 6.61 Å². The van der Waals surface area contributed by atoms with E-state index >= 15 is 0 Å². The lowest BCUT2D eigenvalue weighted by atomic mass is 9.59. The quantitative estimate of drug-likeness (QED) is 0.866. The Hall–Kier alpha value is -0.860. The molecule has 1 aliphatic heterocycles. The molecule has 1 heterocycles. The van der Waals surface area contributed by atoms with Crippen molar-refractivity contribution in [3.8, 4) is 0 Å². The van der Waals surface area contributed by atoms with Crippen LogP contribution in [0.25, 0.3) is 0 Å². The van der Waals surface area contributed by atoms with E-state index in [0.717, 1.165) is 24.4 Å². The van der Waals surface area contributed by atoms with Gasteiger partial charge in [0.2, 0.25) is 0 Å². The van der Waals surface area contributed by atoms with Gasteiger partial charge in [0.1, 0.15) is 6.23 Å². The van der Waals surface area contributed by atoms with Gasteiger partial charge in [-0.2, -0.15) is 0 Å². The van der Waals surface area contributed by atoms with E-state index in [1.54, 1.807) is 0 Å². The van der Waals surface area contributed by atoms with E-state index in [0.29, 0.717) is 11.5 Å². The fourth-order valence-electron chi connectivity index (χ4n) is 5.39. The lowest BCUT2D eigenvalue weighted by Gasteiger charge is -2.48. The summed E-state index contributed by atoms with van der Waals surface area (Å²) < 4.78 is 6.26. The van der Waals surface area contributed by atoms with E-state index in [-0.39, 0.29) is 6.23 Å². The monoisotopic (exact) mass is 299 g/mol. The third-order valence-electron chi connectivity index (χ3n) is 6.26. The lowest BCUT2D eigenvalue weighted by molar-refractivity contribution is -0.0581. The fourth-order valence-corrected chi connectivity index (χ4v) is 5.39. The third kappa shape index (κ3) is 2.72. The molecule has 0 aromatic heterocycles. The number of ether oxygens (including phenoxy) is 1. The van der Waals surface area contributed by atoms with E-state index in [1.165, 1.54) is 37.7 Å². The van der Waals surface area contributed by atoms with Crippen LogP contribution in [0, 0.1) is 23.2 Å². The molecule has 1 aromatic rings. The van der Waals surface area contributed by atoms with Crippen LogP contribution < -0.4 is 5.32 Å². The van der Waals surface area contributed by atoms with Crippen LogP contribution in [0.2, 0.25) is 0 Å². The van der Waals surface area contributed by atoms with Crippen molar-refractivity contribution >= 4 is 0 Å². The highest BCUT2D eigenvalue weighted by atomic mass is 16.5. The third-order valence-corrected chi connectivity index (χ3v) is 6.26. The van der Waals surface area contributed by atoms with Gasteiger partial charge >= 0.3 is 0 Å². The number of hydrogen-bond acceptors (Lipinski definition) is 2. The van der Waals surface area contributed by atoms with Crippen LogP contribution in [-0.4, -0.2) is 12.8 Å². The van der Waals surface area contributed by atoms with Gasteiger partial charge in [-0.15, -0.1) is 0 Å². The summed E-state index contributed by atoms with van der Waals surface area (Å²) >= 11 is 0. The van der Waals surface area contributed by atoms with Gasteiger partial charge < -0.3 is 4.74 Å². The number of hydrogen-bond donors (Lipinski definition) is 1. The van der Waals surface area contributed by atoms with Crippen LogP contribution in [0.4, 0.5) is 0 Å². The Morgan fingerprint density at radius 1 is 1.05 bits per heavy atom. The maximum atomic E-state index is 6.26. The molecule has 4 aliphatic rings. The van der Waals surface area contributed by atoms with Crippen molar-refractivity contribution in [1.29, 1.82) is 0 Å². The molecule has 0 radical (unpaired) electrons. The molecule has 4 fully saturated rings. The Morgan fingerprint density at radius 2 is 1.82 bits per heavy atom. The molecule has 22 heavy (non-hydrogen) atoms. The summed E-state index contributed by atoms with van der Waals surface area (Å²) in [7, 11) is 0. The summed E-state index contributed by atoms with van der Waals surface area (Å²) in [6, 6.07) is 11.1. The van der Waals surface area contributed by atoms with Crippen LogP contribution in [0.1, 0.15) is 57.6 Å². The van der Waals surface area contributed by atoms with Crippen LogP contribution in [0.15, 0.2) is 30.3 Å². The second-order valence-electron chi connectivity index (χ2n) is 8.45. The zero-order valence-corrected chi connectivity index (χ0v) is 13.9. The molecule has 120 valence electrons. The zero-order chi connectivity index (χ0) is 15.2. The molecule has 0 spiro atoms. The Kier molecular flexibility index (Phi) is 3.78. The molecule has 3 aliphatic carbocycles. The highest BCUT2D eigenvalue weighted by Gasteiger charge is 2.47. The summed E-state index contributed by atoms with van der Waals surface area (Å²) in [5.74, 6) is 2.81. The minimum Gasteiger partial charge on any atom is -0.361 e. The topological polar surface area (TPSA) is 21.3 Å². The smallest absolute Gasteiger partial charge is 0.114 e. The van der Waals surface area contributed by atoms with Gasteiger partial charge in [0.05, 0.1) is 12.6 Å². The highest BCUT2D eigenvalue weighted by molar-refractivity contribution is 5.20. The maximum absolute atomic E-state index is 6.26. The lowest BCUT2D eigenvalue weighted by Crippen LogP contribution is -2.46. The Balaban J connectivity index is 1.48. The van der Waals surface area contributed by atoms with Gasteiger partial charge in [0.25, 0.3) is 0 Å². The van der Waals surface area contributed by atoms with Crippen molar-refractivity contribution in [2.45, 2.75) is 58.2 Å². The first-order valence-electron chi connectivity index (χ1n) is 9.05. The van der Waals surface area contributed by atoms with Gasteiger partial charge in [-0.25, -0.2) is 0 Å². The van der Waals surface area contributed by atoms with Gasteiger partial charge in [-0.05, 0) is 55.4 Å². The molecular formula is C20H29NO. The Bertz CT molecular complexity index is 506. The standard InChI is InChI=1S/C20H29NO/c1-14-8-15-9-16(10-15)12-20(2,11-14)19-21-18(13-22-19)17-6-4-3-5-7-17/h3-7,14-16,18-19,21H,8-13H2,1-2H3. The van der Waals surface area contributed by atoms with Gasteiger partial charge in [-0.1, -0.05) is 44.2 Å². The largest absolute Gasteiger partial charge is 0.361 e. The van der Waals surface area contributed by atoms with Gasteiger partial charge in [0, 0.05) is 5.41 Å².